The van der Waals surface area contributed by atoms with E-state index in [2.05, 4.69) is 46.7 Å². The van der Waals surface area contributed by atoms with E-state index in [1.165, 1.54) is 27.3 Å². The van der Waals surface area contributed by atoms with Crippen LogP contribution in [-0.4, -0.2) is 84.2 Å². The number of likely N-dealkylation sites (tertiary alicyclic amines) is 1. The Morgan fingerprint density at radius 2 is 2.19 bits per heavy atom. The third kappa shape index (κ3) is 5.81. The number of nitrogens with zero attached hydrogens (tertiary/aromatic N) is 3. The second-order valence-electron chi connectivity index (χ2n) is 10.00. The van der Waals surface area contributed by atoms with Crippen molar-refractivity contribution in [3.63, 3.8) is 0 Å². The molecule has 1 aliphatic carbocycles. The molecule has 3 N–H and O–H groups in total. The summed E-state index contributed by atoms with van der Waals surface area (Å²) in [4.78, 5) is 34.5. The minimum Gasteiger partial charge on any atom is -0.480 e. The van der Waals surface area contributed by atoms with Crippen LogP contribution in [0, 0.1) is 5.92 Å². The molecule has 0 aromatic heterocycles. The van der Waals surface area contributed by atoms with Gasteiger partial charge in [0.25, 0.3) is 5.91 Å². The Balaban J connectivity index is 1.52. The van der Waals surface area contributed by atoms with Crippen molar-refractivity contribution in [2.75, 3.05) is 46.3 Å². The van der Waals surface area contributed by atoms with Crippen molar-refractivity contribution >= 4 is 17.4 Å². The van der Waals surface area contributed by atoms with E-state index >= 15 is 0 Å². The lowest BCUT2D eigenvalue weighted by Crippen LogP contribution is -2.54. The van der Waals surface area contributed by atoms with Gasteiger partial charge in [0.2, 0.25) is 0 Å². The molecule has 9 heteroatoms. The summed E-state index contributed by atoms with van der Waals surface area (Å²) in [6.45, 7) is 9.61. The van der Waals surface area contributed by atoms with Gasteiger partial charge in [0.05, 0.1) is 19.0 Å². The number of fused-ring (bicyclic) bond motifs is 2. The first-order valence-corrected chi connectivity index (χ1v) is 12.9. The molecule has 3 unspecified atom stereocenters. The van der Waals surface area contributed by atoms with Crippen LogP contribution in [-0.2, 0) is 21.1 Å². The molecule has 3 atom stereocenters. The summed E-state index contributed by atoms with van der Waals surface area (Å²) < 4.78 is 0. The lowest BCUT2D eigenvalue weighted by molar-refractivity contribution is -0.219. The van der Waals surface area contributed by atoms with Gasteiger partial charge in [0.1, 0.15) is 0 Å². The molecule has 2 aliphatic heterocycles. The van der Waals surface area contributed by atoms with E-state index in [4.69, 9.17) is 10.0 Å². The number of hydrogen-bond acceptors (Lipinski definition) is 7. The minimum atomic E-state index is -0.863. The van der Waals surface area contributed by atoms with E-state index in [9.17, 15) is 9.59 Å². The molecule has 3 aliphatic rings. The Morgan fingerprint density at radius 3 is 2.94 bits per heavy atom. The summed E-state index contributed by atoms with van der Waals surface area (Å²) in [5, 5.41) is 13.9. The highest BCUT2D eigenvalue weighted by atomic mass is 16.8. The molecule has 1 saturated heterocycles. The number of benzene rings is 1. The van der Waals surface area contributed by atoms with Gasteiger partial charge in [-0.15, -0.1) is 6.58 Å². The molecule has 1 amide bonds. The topological polar surface area (TPSA) is 97.4 Å². The van der Waals surface area contributed by atoms with Crippen LogP contribution in [0.25, 0.3) is 5.57 Å². The Bertz CT molecular complexity index is 996. The summed E-state index contributed by atoms with van der Waals surface area (Å²) in [5.74, 6) is -0.833. The highest BCUT2D eigenvalue weighted by Gasteiger charge is 2.44. The molecule has 1 fully saturated rings. The largest absolute Gasteiger partial charge is 0.480 e. The zero-order valence-electron chi connectivity index (χ0n) is 21.4. The van der Waals surface area contributed by atoms with Crippen molar-refractivity contribution in [3.8, 4) is 0 Å². The van der Waals surface area contributed by atoms with Crippen LogP contribution >= 0.6 is 0 Å². The van der Waals surface area contributed by atoms with Crippen molar-refractivity contribution in [3.05, 3.63) is 53.7 Å². The lowest BCUT2D eigenvalue weighted by atomic mass is 9.68. The molecular formula is C27H39N5O4. The summed E-state index contributed by atoms with van der Waals surface area (Å²) >= 11 is 0. The van der Waals surface area contributed by atoms with Crippen molar-refractivity contribution in [1.29, 1.82) is 0 Å². The van der Waals surface area contributed by atoms with Crippen molar-refractivity contribution < 1.29 is 19.6 Å². The number of piperidine rings is 1. The Hall–Kier alpha value is -2.72. The molecule has 9 nitrogen and oxygen atoms in total. The van der Waals surface area contributed by atoms with Gasteiger partial charge in [-0.05, 0) is 48.6 Å². The van der Waals surface area contributed by atoms with Gasteiger partial charge in [-0.3, -0.25) is 19.4 Å². The van der Waals surface area contributed by atoms with E-state index in [1.807, 2.05) is 13.0 Å². The number of likely N-dealkylation sites (N-methyl/N-ethyl adjacent to an activating group) is 1. The number of rotatable bonds is 12. The number of hydrogen-bond donors (Lipinski definition) is 3. The normalized spacial score (nSPS) is 22.8. The summed E-state index contributed by atoms with van der Waals surface area (Å²) in [6, 6.07) is 6.89. The molecule has 196 valence electrons. The lowest BCUT2D eigenvalue weighted by Gasteiger charge is -2.49. The van der Waals surface area contributed by atoms with Gasteiger partial charge in [-0.1, -0.05) is 31.2 Å². The van der Waals surface area contributed by atoms with E-state index in [0.717, 1.165) is 25.9 Å². The number of amides is 1. The number of carboxylic acids is 1. The minimum absolute atomic E-state index is 0.0302. The molecular weight excluding hydrogens is 458 g/mol. The molecule has 4 rings (SSSR count). The quantitative estimate of drug-likeness (QED) is 0.299. The maximum absolute atomic E-state index is 13.8. The number of hydroxylamine groups is 3. The molecule has 0 bridgehead atoms. The second-order valence-corrected chi connectivity index (χ2v) is 10.00. The average molecular weight is 498 g/mol. The van der Waals surface area contributed by atoms with Gasteiger partial charge < -0.3 is 10.4 Å². The summed E-state index contributed by atoms with van der Waals surface area (Å²) in [5.41, 5.74) is 8.23. The van der Waals surface area contributed by atoms with Gasteiger partial charge in [-0.25, -0.2) is 5.06 Å². The van der Waals surface area contributed by atoms with Crippen molar-refractivity contribution in [1.82, 2.24) is 25.7 Å². The van der Waals surface area contributed by atoms with Crippen LogP contribution < -0.4 is 10.8 Å². The number of carbonyl (C=O) groups excluding carboxylic acids is 1. The summed E-state index contributed by atoms with van der Waals surface area (Å²) in [7, 11) is 1.77. The molecule has 36 heavy (non-hydrogen) atoms. The standard InChI is InChI=1S/C27H39N5O4/c1-4-10-31-17-21(27(35)32(36-29-5-2)12-7-11-30(3)18-25(33)34)13-23-22-9-6-8-19-15-28-16-20(26(19)22)14-24(23)31/h4,6,8-9,16,21,23-24,28-29H,1,5,7,10-15,17-18H2,2-3H3,(H,33,34). The average Bonchev–Trinajstić information content (AvgIpc) is 2.86. The highest BCUT2D eigenvalue weighted by Crippen LogP contribution is 2.48. The Labute approximate surface area is 213 Å². The van der Waals surface area contributed by atoms with E-state index in [1.54, 1.807) is 11.9 Å². The third-order valence-corrected chi connectivity index (χ3v) is 7.41. The van der Waals surface area contributed by atoms with E-state index < -0.39 is 5.97 Å². The fraction of sp³-hybridized carbons (Fsp3) is 0.556. The number of carbonyl (C=O) groups is 2. The number of nitrogens with one attached hydrogen (secondary N) is 2. The maximum Gasteiger partial charge on any atom is 0.317 e. The predicted octanol–water partition coefficient (Wildman–Crippen LogP) is 2.19. The van der Waals surface area contributed by atoms with Gasteiger partial charge in [0.15, 0.2) is 0 Å². The first-order chi connectivity index (χ1) is 17.4. The maximum atomic E-state index is 13.8. The van der Waals surface area contributed by atoms with Crippen LogP contribution in [0.2, 0.25) is 0 Å². The van der Waals surface area contributed by atoms with E-state index in [-0.39, 0.29) is 24.3 Å². The van der Waals surface area contributed by atoms with Crippen LogP contribution in [0.5, 0.6) is 0 Å². The fourth-order valence-corrected chi connectivity index (χ4v) is 5.92. The molecule has 0 radical (unpaired) electrons. The van der Waals surface area contributed by atoms with Crippen LogP contribution in [0.4, 0.5) is 0 Å². The Morgan fingerprint density at radius 1 is 1.36 bits per heavy atom. The highest BCUT2D eigenvalue weighted by molar-refractivity contribution is 5.80. The molecule has 2 heterocycles. The molecule has 1 aromatic carbocycles. The smallest absolute Gasteiger partial charge is 0.317 e. The number of aliphatic carboxylic acids is 1. The van der Waals surface area contributed by atoms with E-state index in [0.29, 0.717) is 38.6 Å². The molecule has 0 spiro atoms. The van der Waals surface area contributed by atoms with Crippen LogP contribution in [0.1, 0.15) is 48.8 Å². The monoisotopic (exact) mass is 497 g/mol. The van der Waals surface area contributed by atoms with Crippen LogP contribution in [0.3, 0.4) is 0 Å². The number of carboxylic acid groups (broad SMARTS) is 1. The van der Waals surface area contributed by atoms with Gasteiger partial charge in [-0.2, -0.15) is 10.4 Å². The summed E-state index contributed by atoms with van der Waals surface area (Å²) in [6.07, 6.45) is 6.44. The zero-order chi connectivity index (χ0) is 25.7. The predicted molar refractivity (Wildman–Crippen MR) is 139 cm³/mol. The third-order valence-electron chi connectivity index (χ3n) is 7.41. The molecule has 1 aromatic rings. The fourth-order valence-electron chi connectivity index (χ4n) is 5.92. The van der Waals surface area contributed by atoms with Crippen molar-refractivity contribution in [2.45, 2.75) is 44.7 Å². The zero-order valence-corrected chi connectivity index (χ0v) is 21.4. The first kappa shape index (κ1) is 26.3. The van der Waals surface area contributed by atoms with Crippen LogP contribution in [0.15, 0.2) is 37.1 Å². The second kappa shape index (κ2) is 12.0. The SMILES string of the molecule is C=CCN1CC(C(=O)N(CCCN(C)CC(=O)O)ONCC)CC2c3cccc4c3C(=CNC4)CC21. The molecule has 0 saturated carbocycles. The van der Waals surface area contributed by atoms with Gasteiger partial charge in [0, 0.05) is 50.9 Å². The van der Waals surface area contributed by atoms with Crippen molar-refractivity contribution in [2.24, 2.45) is 5.92 Å². The first-order valence-electron chi connectivity index (χ1n) is 12.9. The van der Waals surface area contributed by atoms with Gasteiger partial charge >= 0.3 is 5.97 Å². The Kier molecular flexibility index (Phi) is 8.79.